The minimum Gasteiger partial charge on any atom is -0.588 e. The number of benzene rings is 1. The van der Waals surface area contributed by atoms with Crippen molar-refractivity contribution in [1.82, 2.24) is 14.3 Å². The number of nitrogens with one attached hydrogen (secondary N) is 1. The molecule has 0 aliphatic heterocycles. The molecule has 2 aromatic heterocycles. The summed E-state index contributed by atoms with van der Waals surface area (Å²) in [5.74, 6) is -2.88. The molecule has 0 bridgehead atoms. The fraction of sp³-hybridized carbons (Fsp3) is 0.217. The molecule has 0 saturated heterocycles. The maximum absolute atomic E-state index is 13.6. The number of pyridine rings is 2. The molecule has 3 aromatic rings. The SMILES string of the molecule is Cc1nc(F)ccc1Oc1ncc(C(F)(F)F)c(C)c1C(=O)Nc1cccc([S@@+]([O-])N(C)C(=O)CN)c1. The number of likely N-dealkylation sites (N-methyl/N-ethyl adjacent to an activating group) is 1. The Labute approximate surface area is 212 Å². The molecule has 37 heavy (non-hydrogen) atoms. The van der Waals surface area contributed by atoms with E-state index in [-0.39, 0.29) is 28.6 Å². The summed E-state index contributed by atoms with van der Waals surface area (Å²) >= 11 is -1.95. The van der Waals surface area contributed by atoms with Gasteiger partial charge in [0.25, 0.3) is 11.8 Å². The van der Waals surface area contributed by atoms with Crippen molar-refractivity contribution >= 4 is 28.9 Å². The maximum atomic E-state index is 13.6. The number of alkyl halides is 3. The van der Waals surface area contributed by atoms with Crippen molar-refractivity contribution in [2.24, 2.45) is 5.73 Å². The van der Waals surface area contributed by atoms with Crippen LogP contribution in [0.25, 0.3) is 0 Å². The van der Waals surface area contributed by atoms with Crippen molar-refractivity contribution in [3.8, 4) is 11.6 Å². The summed E-state index contributed by atoms with van der Waals surface area (Å²) in [6, 6.07) is 7.75. The largest absolute Gasteiger partial charge is 0.588 e. The summed E-state index contributed by atoms with van der Waals surface area (Å²) in [6.45, 7) is 2.13. The van der Waals surface area contributed by atoms with Gasteiger partial charge in [0.2, 0.25) is 11.8 Å². The minimum atomic E-state index is -4.81. The molecule has 3 N–H and O–H groups in total. The number of aryl methyl sites for hydroxylation is 1. The van der Waals surface area contributed by atoms with E-state index in [1.165, 1.54) is 44.3 Å². The summed E-state index contributed by atoms with van der Waals surface area (Å²) in [5.41, 5.74) is 3.30. The summed E-state index contributed by atoms with van der Waals surface area (Å²) in [6.07, 6.45) is -4.28. The number of ether oxygens (including phenoxy) is 1. The third-order valence-electron chi connectivity index (χ3n) is 5.11. The van der Waals surface area contributed by atoms with Gasteiger partial charge in [-0.1, -0.05) is 6.07 Å². The van der Waals surface area contributed by atoms with Gasteiger partial charge in [-0.2, -0.15) is 21.9 Å². The molecule has 0 saturated carbocycles. The number of rotatable bonds is 7. The van der Waals surface area contributed by atoms with Crippen molar-refractivity contribution in [3.05, 3.63) is 70.9 Å². The van der Waals surface area contributed by atoms with Crippen LogP contribution in [-0.4, -0.2) is 44.2 Å². The Kier molecular flexibility index (Phi) is 8.35. The van der Waals surface area contributed by atoms with Crippen LogP contribution >= 0.6 is 0 Å². The Morgan fingerprint density at radius 1 is 1.22 bits per heavy atom. The molecule has 196 valence electrons. The molecular formula is C23H21F4N5O4S. The first-order valence-electron chi connectivity index (χ1n) is 10.5. The zero-order valence-electron chi connectivity index (χ0n) is 19.7. The van der Waals surface area contributed by atoms with Gasteiger partial charge in [0.15, 0.2) is 10.6 Å². The topological polar surface area (TPSA) is 134 Å². The number of hydrogen-bond acceptors (Lipinski definition) is 7. The number of carbonyl (C=O) groups is 2. The summed E-state index contributed by atoms with van der Waals surface area (Å²) in [4.78, 5) is 32.4. The standard InChI is InChI=1S/C23H21F4N5O4S/c1-12-16(23(25,26)27)11-29-22(36-17-7-8-18(24)30-13(17)2)20(12)21(34)31-14-5-4-6-15(9-14)37(35)32(3)19(33)10-28/h4-9,11H,10,28H2,1-3H3,(H,31,34)/t37-/m1/s1. The van der Waals surface area contributed by atoms with Gasteiger partial charge in [-0.05, 0) is 43.7 Å². The highest BCUT2D eigenvalue weighted by Crippen LogP contribution is 2.37. The summed E-state index contributed by atoms with van der Waals surface area (Å²) in [7, 11) is 1.28. The maximum Gasteiger partial charge on any atom is 0.418 e. The van der Waals surface area contributed by atoms with Gasteiger partial charge in [0.05, 0.1) is 24.8 Å². The van der Waals surface area contributed by atoms with Gasteiger partial charge in [-0.15, -0.1) is 0 Å². The third kappa shape index (κ3) is 6.34. The molecule has 0 radical (unpaired) electrons. The number of carbonyl (C=O) groups excluding carboxylic acids is 2. The highest BCUT2D eigenvalue weighted by molar-refractivity contribution is 7.89. The number of nitrogens with two attached hydrogens (primary N) is 1. The lowest BCUT2D eigenvalue weighted by molar-refractivity contribution is -0.138. The Morgan fingerprint density at radius 3 is 2.54 bits per heavy atom. The van der Waals surface area contributed by atoms with Crippen molar-refractivity contribution in [2.45, 2.75) is 24.9 Å². The zero-order valence-corrected chi connectivity index (χ0v) is 20.5. The monoisotopic (exact) mass is 539 g/mol. The predicted molar refractivity (Wildman–Crippen MR) is 126 cm³/mol. The van der Waals surface area contributed by atoms with Gasteiger partial charge >= 0.3 is 6.18 Å². The number of hydrogen-bond donors (Lipinski definition) is 2. The second kappa shape index (κ2) is 11.1. The fourth-order valence-corrected chi connectivity index (χ4v) is 4.19. The van der Waals surface area contributed by atoms with E-state index in [0.717, 1.165) is 17.3 Å². The molecule has 2 heterocycles. The highest BCUT2D eigenvalue weighted by Gasteiger charge is 2.36. The molecule has 3 rings (SSSR count). The Hall–Kier alpha value is -3.75. The first-order chi connectivity index (χ1) is 17.3. The van der Waals surface area contributed by atoms with Crippen LogP contribution in [0.2, 0.25) is 0 Å². The molecule has 1 aromatic carbocycles. The smallest absolute Gasteiger partial charge is 0.418 e. The highest BCUT2D eigenvalue weighted by atomic mass is 32.2. The molecular weight excluding hydrogens is 518 g/mol. The number of amides is 2. The van der Waals surface area contributed by atoms with Crippen molar-refractivity contribution in [2.75, 3.05) is 18.9 Å². The van der Waals surface area contributed by atoms with Crippen molar-refractivity contribution in [1.29, 1.82) is 0 Å². The molecule has 1 atom stereocenters. The first-order valence-corrected chi connectivity index (χ1v) is 11.6. The van der Waals surface area contributed by atoms with E-state index in [9.17, 15) is 31.7 Å². The number of anilines is 1. The molecule has 0 aliphatic rings. The van der Waals surface area contributed by atoms with Crippen LogP contribution in [0.3, 0.4) is 0 Å². The van der Waals surface area contributed by atoms with Crippen molar-refractivity contribution in [3.63, 3.8) is 0 Å². The zero-order chi connectivity index (χ0) is 27.5. The molecule has 0 aliphatic carbocycles. The normalized spacial score (nSPS) is 12.1. The van der Waals surface area contributed by atoms with E-state index in [1.807, 2.05) is 0 Å². The van der Waals surface area contributed by atoms with Crippen LogP contribution in [0.15, 0.2) is 47.5 Å². The Bertz CT molecular complexity index is 1340. The Balaban J connectivity index is 2.00. The van der Waals surface area contributed by atoms with Gasteiger partial charge in [-0.3, -0.25) is 9.59 Å². The van der Waals surface area contributed by atoms with E-state index in [4.69, 9.17) is 10.5 Å². The lowest BCUT2D eigenvalue weighted by atomic mass is 10.0. The average Bonchev–Trinajstić information content (AvgIpc) is 2.83. The minimum absolute atomic E-state index is 0.0212. The Morgan fingerprint density at radius 2 is 1.92 bits per heavy atom. The van der Waals surface area contributed by atoms with Crippen LogP contribution in [0, 0.1) is 19.8 Å². The van der Waals surface area contributed by atoms with Crippen LogP contribution in [0.5, 0.6) is 11.6 Å². The average molecular weight is 540 g/mol. The third-order valence-corrected chi connectivity index (χ3v) is 6.47. The number of nitrogens with zero attached hydrogens (tertiary/aromatic N) is 3. The van der Waals surface area contributed by atoms with Gasteiger partial charge in [-0.25, -0.2) is 9.97 Å². The predicted octanol–water partition coefficient (Wildman–Crippen LogP) is 3.74. The lowest BCUT2D eigenvalue weighted by Gasteiger charge is -2.20. The lowest BCUT2D eigenvalue weighted by Crippen LogP contribution is -2.37. The van der Waals surface area contributed by atoms with Crippen LogP contribution in [0.1, 0.15) is 27.2 Å². The van der Waals surface area contributed by atoms with Gasteiger partial charge < -0.3 is 20.3 Å². The van der Waals surface area contributed by atoms with Gasteiger partial charge in [0.1, 0.15) is 16.9 Å². The number of aromatic nitrogens is 2. The molecule has 0 unspecified atom stereocenters. The van der Waals surface area contributed by atoms with E-state index < -0.39 is 57.9 Å². The second-order valence-corrected chi connectivity index (χ2v) is 9.14. The second-order valence-electron chi connectivity index (χ2n) is 7.62. The molecule has 0 spiro atoms. The van der Waals surface area contributed by atoms with E-state index in [0.29, 0.717) is 6.20 Å². The molecule has 2 amide bonds. The van der Waals surface area contributed by atoms with Crippen LogP contribution in [-0.2, 0) is 22.3 Å². The fourth-order valence-electron chi connectivity index (χ4n) is 3.20. The van der Waals surface area contributed by atoms with Crippen LogP contribution < -0.4 is 15.8 Å². The quantitative estimate of drug-likeness (QED) is 0.265. The van der Waals surface area contributed by atoms with Crippen LogP contribution in [0.4, 0.5) is 23.2 Å². The van der Waals surface area contributed by atoms with Crippen molar-refractivity contribution < 1.29 is 36.4 Å². The summed E-state index contributed by atoms with van der Waals surface area (Å²) < 4.78 is 73.2. The summed E-state index contributed by atoms with van der Waals surface area (Å²) in [5, 5.41) is 2.44. The van der Waals surface area contributed by atoms with E-state index in [1.54, 1.807) is 0 Å². The van der Waals surface area contributed by atoms with E-state index in [2.05, 4.69) is 15.3 Å². The first kappa shape index (κ1) is 27.8. The number of halogens is 4. The van der Waals surface area contributed by atoms with E-state index >= 15 is 0 Å². The molecule has 14 heteroatoms. The molecule has 0 fully saturated rings. The van der Waals surface area contributed by atoms with Gasteiger partial charge in [0, 0.05) is 18.0 Å². The molecule has 9 nitrogen and oxygen atoms in total.